The number of hydrogen-bond donors (Lipinski definition) is 2. The van der Waals surface area contributed by atoms with Gasteiger partial charge in [0.15, 0.2) is 0 Å². The van der Waals surface area contributed by atoms with Crippen LogP contribution >= 0.6 is 0 Å². The fourth-order valence-corrected chi connectivity index (χ4v) is 4.75. The fraction of sp³-hybridized carbons (Fsp3) is 0.579. The summed E-state index contributed by atoms with van der Waals surface area (Å²) in [5.41, 5.74) is 1.75. The summed E-state index contributed by atoms with van der Waals surface area (Å²) in [5, 5.41) is 5.85. The highest BCUT2D eigenvalue weighted by molar-refractivity contribution is 5.97. The molecule has 0 aliphatic heterocycles. The van der Waals surface area contributed by atoms with Crippen molar-refractivity contribution in [3.63, 3.8) is 0 Å². The largest absolute Gasteiger partial charge is 0.493 e. The van der Waals surface area contributed by atoms with E-state index in [0.717, 1.165) is 49.7 Å². The van der Waals surface area contributed by atoms with Crippen molar-refractivity contribution < 1.29 is 19.1 Å². The summed E-state index contributed by atoms with van der Waals surface area (Å²) in [6.45, 7) is 9.57. The van der Waals surface area contributed by atoms with E-state index in [0.29, 0.717) is 31.0 Å². The van der Waals surface area contributed by atoms with E-state index in [4.69, 9.17) is 9.47 Å². The molecule has 2 rings (SSSR count). The maximum atomic E-state index is 13.2. The zero-order chi connectivity index (χ0) is 31.9. The Kier molecular flexibility index (Phi) is 18.5. The van der Waals surface area contributed by atoms with E-state index < -0.39 is 5.60 Å². The number of unbranched alkanes of at least 4 members (excludes halogenated alkanes) is 12. The molecule has 0 saturated carbocycles. The van der Waals surface area contributed by atoms with Crippen molar-refractivity contribution in [1.82, 2.24) is 10.6 Å². The molecule has 0 fully saturated rings. The van der Waals surface area contributed by atoms with Crippen LogP contribution in [0.3, 0.4) is 0 Å². The second-order valence-electron chi connectivity index (χ2n) is 12.5. The highest BCUT2D eigenvalue weighted by Gasteiger charge is 2.15. The molecule has 44 heavy (non-hydrogen) atoms. The van der Waals surface area contributed by atoms with Gasteiger partial charge in [0.2, 0.25) is 0 Å². The van der Waals surface area contributed by atoms with E-state index in [2.05, 4.69) is 29.4 Å². The Morgan fingerprint density at radius 3 is 1.89 bits per heavy atom. The minimum Gasteiger partial charge on any atom is -0.493 e. The van der Waals surface area contributed by atoms with Crippen LogP contribution in [0.25, 0.3) is 0 Å². The number of amides is 2. The van der Waals surface area contributed by atoms with Crippen molar-refractivity contribution in [2.24, 2.45) is 0 Å². The Balaban J connectivity index is 1.80. The van der Waals surface area contributed by atoms with Crippen molar-refractivity contribution in [2.75, 3.05) is 19.7 Å². The number of rotatable bonds is 20. The van der Waals surface area contributed by atoms with Gasteiger partial charge in [0.05, 0.1) is 12.2 Å². The predicted molar refractivity (Wildman–Crippen MR) is 181 cm³/mol. The first-order valence-electron chi connectivity index (χ1n) is 16.9. The smallest absolute Gasteiger partial charge is 0.407 e. The third kappa shape index (κ3) is 17.6. The molecule has 0 unspecified atom stereocenters. The lowest BCUT2D eigenvalue weighted by molar-refractivity contribution is 0.0526. The number of ether oxygens (including phenoxy) is 2. The van der Waals surface area contributed by atoms with Crippen LogP contribution in [-0.4, -0.2) is 37.3 Å². The lowest BCUT2D eigenvalue weighted by Crippen LogP contribution is -2.33. The molecular weight excluding hydrogens is 548 g/mol. The summed E-state index contributed by atoms with van der Waals surface area (Å²) >= 11 is 0. The highest BCUT2D eigenvalue weighted by atomic mass is 16.6. The Morgan fingerprint density at radius 2 is 1.25 bits per heavy atom. The van der Waals surface area contributed by atoms with Crippen molar-refractivity contribution >= 4 is 12.0 Å². The van der Waals surface area contributed by atoms with Crippen LogP contribution < -0.4 is 15.4 Å². The summed E-state index contributed by atoms with van der Waals surface area (Å²) in [5.74, 6) is 6.83. The van der Waals surface area contributed by atoms with Gasteiger partial charge in [-0.15, -0.1) is 0 Å². The SMILES string of the molecule is CCCCCCCCCCCCOc1ccc(C#Cc2ccccc2)cc1C(=O)NCCCCCCNC(=O)OC(C)(C)C. The highest BCUT2D eigenvalue weighted by Crippen LogP contribution is 2.21. The van der Waals surface area contributed by atoms with Crippen molar-refractivity contribution in [3.8, 4) is 17.6 Å². The molecule has 0 saturated heterocycles. The predicted octanol–water partition coefficient (Wildman–Crippen LogP) is 9.20. The fourth-order valence-electron chi connectivity index (χ4n) is 4.75. The van der Waals surface area contributed by atoms with Gasteiger partial charge in [0.25, 0.3) is 5.91 Å². The molecule has 0 aromatic heterocycles. The number of hydrogen-bond acceptors (Lipinski definition) is 4. The summed E-state index contributed by atoms with van der Waals surface area (Å²) in [7, 11) is 0. The number of alkyl carbamates (subject to hydrolysis) is 1. The number of carbonyl (C=O) groups excluding carboxylic acids is 2. The van der Waals surface area contributed by atoms with Gasteiger partial charge in [-0.05, 0) is 70.4 Å². The normalized spacial score (nSPS) is 10.9. The van der Waals surface area contributed by atoms with Crippen LogP contribution in [0.2, 0.25) is 0 Å². The summed E-state index contributed by atoms with van der Waals surface area (Å²) in [6.07, 6.45) is 16.0. The first-order valence-corrected chi connectivity index (χ1v) is 16.9. The first-order chi connectivity index (χ1) is 21.3. The molecule has 0 spiro atoms. The third-order valence-corrected chi connectivity index (χ3v) is 7.16. The van der Waals surface area contributed by atoms with E-state index in [1.54, 1.807) is 0 Å². The average Bonchev–Trinajstić information content (AvgIpc) is 3.00. The number of carbonyl (C=O) groups is 2. The van der Waals surface area contributed by atoms with Crippen LogP contribution in [0.1, 0.15) is 139 Å². The van der Waals surface area contributed by atoms with Gasteiger partial charge in [-0.1, -0.05) is 108 Å². The summed E-state index contributed by atoms with van der Waals surface area (Å²) in [4.78, 5) is 25.0. The molecule has 0 bridgehead atoms. The topological polar surface area (TPSA) is 76.7 Å². The molecule has 0 heterocycles. The van der Waals surface area contributed by atoms with Gasteiger partial charge < -0.3 is 20.1 Å². The van der Waals surface area contributed by atoms with Crippen LogP contribution in [0.4, 0.5) is 4.79 Å². The van der Waals surface area contributed by atoms with E-state index in [9.17, 15) is 9.59 Å². The Labute approximate surface area is 267 Å². The molecule has 0 aliphatic rings. The van der Waals surface area contributed by atoms with Crippen molar-refractivity contribution in [3.05, 3.63) is 65.2 Å². The first kappa shape index (κ1) is 36.7. The van der Waals surface area contributed by atoms with Gasteiger partial charge in [-0.3, -0.25) is 4.79 Å². The van der Waals surface area contributed by atoms with E-state index in [1.165, 1.54) is 51.4 Å². The minimum absolute atomic E-state index is 0.141. The van der Waals surface area contributed by atoms with Crippen LogP contribution in [-0.2, 0) is 4.74 Å². The van der Waals surface area contributed by atoms with Crippen LogP contribution in [0.5, 0.6) is 5.75 Å². The summed E-state index contributed by atoms with van der Waals surface area (Å²) in [6, 6.07) is 15.5. The van der Waals surface area contributed by atoms with Crippen molar-refractivity contribution in [1.29, 1.82) is 0 Å². The molecule has 2 aromatic carbocycles. The van der Waals surface area contributed by atoms with E-state index >= 15 is 0 Å². The van der Waals surface area contributed by atoms with Gasteiger partial charge >= 0.3 is 6.09 Å². The Hall–Kier alpha value is -3.46. The molecule has 2 amide bonds. The third-order valence-electron chi connectivity index (χ3n) is 7.16. The van der Waals surface area contributed by atoms with Gasteiger partial charge in [0.1, 0.15) is 11.4 Å². The monoisotopic (exact) mass is 604 g/mol. The second-order valence-corrected chi connectivity index (χ2v) is 12.5. The lowest BCUT2D eigenvalue weighted by atomic mass is 10.1. The van der Waals surface area contributed by atoms with Crippen LogP contribution in [0.15, 0.2) is 48.5 Å². The van der Waals surface area contributed by atoms with E-state index in [1.807, 2.05) is 69.3 Å². The van der Waals surface area contributed by atoms with Crippen molar-refractivity contribution in [2.45, 2.75) is 123 Å². The molecular formula is C38H56N2O4. The van der Waals surface area contributed by atoms with Gasteiger partial charge in [0, 0.05) is 24.2 Å². The molecule has 0 radical (unpaired) electrons. The summed E-state index contributed by atoms with van der Waals surface area (Å²) < 4.78 is 11.4. The molecule has 0 atom stereocenters. The second kappa shape index (κ2) is 22.1. The Bertz CT molecular complexity index is 1140. The van der Waals surface area contributed by atoms with Crippen LogP contribution in [0, 0.1) is 11.8 Å². The molecule has 2 N–H and O–H groups in total. The number of nitrogens with one attached hydrogen (secondary N) is 2. The molecule has 0 aliphatic carbocycles. The zero-order valence-electron chi connectivity index (χ0n) is 27.8. The number of benzene rings is 2. The van der Waals surface area contributed by atoms with Gasteiger partial charge in [-0.25, -0.2) is 4.79 Å². The lowest BCUT2D eigenvalue weighted by Gasteiger charge is -2.19. The quantitative estimate of drug-likeness (QED) is 0.117. The zero-order valence-corrected chi connectivity index (χ0v) is 27.8. The molecule has 2 aromatic rings. The molecule has 242 valence electrons. The molecule has 6 nitrogen and oxygen atoms in total. The average molecular weight is 605 g/mol. The maximum Gasteiger partial charge on any atom is 0.407 e. The maximum absolute atomic E-state index is 13.2. The van der Waals surface area contributed by atoms with E-state index in [-0.39, 0.29) is 12.0 Å². The minimum atomic E-state index is -0.492. The standard InChI is InChI=1S/C38H56N2O4/c1-5-6-7-8-9-10-11-12-15-21-30-43-35-27-26-33(25-24-32-22-17-16-18-23-32)31-34(35)36(41)39-28-19-13-14-20-29-40-37(42)44-38(2,3)4/h16-18,22-23,26-27,31H,5-15,19-21,28-30H2,1-4H3,(H,39,41)(H,40,42). The van der Waals surface area contributed by atoms with Gasteiger partial charge in [-0.2, -0.15) is 0 Å². The Morgan fingerprint density at radius 1 is 0.682 bits per heavy atom. The molecule has 6 heteroatoms.